The summed E-state index contributed by atoms with van der Waals surface area (Å²) in [5.41, 5.74) is -0.322. The predicted molar refractivity (Wildman–Crippen MR) is 49.7 cm³/mol. The van der Waals surface area contributed by atoms with Crippen molar-refractivity contribution < 1.29 is 4.79 Å². The highest BCUT2D eigenvalue weighted by Crippen LogP contribution is 2.27. The second kappa shape index (κ2) is 3.37. The molecule has 1 fully saturated rings. The van der Waals surface area contributed by atoms with Gasteiger partial charge >= 0.3 is 0 Å². The topological polar surface area (TPSA) is 52.9 Å². The highest BCUT2D eigenvalue weighted by Gasteiger charge is 2.32. The van der Waals surface area contributed by atoms with Gasteiger partial charge in [0.15, 0.2) is 0 Å². The van der Waals surface area contributed by atoms with E-state index in [1.54, 1.807) is 0 Å². The minimum absolute atomic E-state index is 0.0777. The van der Waals surface area contributed by atoms with Gasteiger partial charge in [0.2, 0.25) is 5.91 Å². The predicted octanol–water partition coefficient (Wildman–Crippen LogP) is 1.45. The zero-order chi connectivity index (χ0) is 10.1. The van der Waals surface area contributed by atoms with E-state index in [2.05, 4.69) is 11.4 Å². The Morgan fingerprint density at radius 2 is 2.00 bits per heavy atom. The van der Waals surface area contributed by atoms with E-state index in [1.165, 1.54) is 0 Å². The van der Waals surface area contributed by atoms with Crippen LogP contribution >= 0.6 is 0 Å². The summed E-state index contributed by atoms with van der Waals surface area (Å²) in [4.78, 5) is 11.5. The molecule has 1 aliphatic rings. The van der Waals surface area contributed by atoms with Crippen molar-refractivity contribution in [3.8, 4) is 6.07 Å². The number of hydrogen-bond donors (Lipinski definition) is 1. The van der Waals surface area contributed by atoms with Gasteiger partial charge in [-0.05, 0) is 12.8 Å². The summed E-state index contributed by atoms with van der Waals surface area (Å²) in [7, 11) is 0. The van der Waals surface area contributed by atoms with Crippen LogP contribution in [0, 0.1) is 22.7 Å². The van der Waals surface area contributed by atoms with E-state index >= 15 is 0 Å². The molecule has 0 unspecified atom stereocenters. The third-order valence-electron chi connectivity index (χ3n) is 2.34. The molecule has 0 aliphatic heterocycles. The maximum absolute atomic E-state index is 11.5. The van der Waals surface area contributed by atoms with Crippen molar-refractivity contribution in [3.63, 3.8) is 0 Å². The molecule has 0 radical (unpaired) electrons. The van der Waals surface area contributed by atoms with E-state index in [4.69, 9.17) is 5.26 Å². The summed E-state index contributed by atoms with van der Waals surface area (Å²) in [6, 6.07) is 2.42. The number of nitrogens with zero attached hydrogens (tertiary/aromatic N) is 1. The van der Waals surface area contributed by atoms with Crippen molar-refractivity contribution in [1.82, 2.24) is 5.32 Å². The minimum Gasteiger partial charge on any atom is -0.353 e. The van der Waals surface area contributed by atoms with Crippen LogP contribution < -0.4 is 5.32 Å². The Labute approximate surface area is 79.1 Å². The first-order valence-electron chi connectivity index (χ1n) is 4.64. The zero-order valence-electron chi connectivity index (χ0n) is 8.42. The molecule has 1 amide bonds. The van der Waals surface area contributed by atoms with Gasteiger partial charge in [0.1, 0.15) is 0 Å². The smallest absolute Gasteiger partial charge is 0.225 e. The van der Waals surface area contributed by atoms with Crippen LogP contribution in [0.3, 0.4) is 0 Å². The van der Waals surface area contributed by atoms with Crippen LogP contribution in [0.1, 0.15) is 33.6 Å². The van der Waals surface area contributed by atoms with E-state index in [0.717, 1.165) is 12.8 Å². The number of amides is 1. The van der Waals surface area contributed by atoms with Crippen molar-refractivity contribution >= 4 is 5.91 Å². The Morgan fingerprint density at radius 3 is 2.38 bits per heavy atom. The highest BCUT2D eigenvalue weighted by molar-refractivity contribution is 5.81. The summed E-state index contributed by atoms with van der Waals surface area (Å²) in [6.45, 7) is 5.67. The molecule has 0 atom stereocenters. The Morgan fingerprint density at radius 1 is 1.46 bits per heavy atom. The first-order valence-corrected chi connectivity index (χ1v) is 4.64. The van der Waals surface area contributed by atoms with Gasteiger partial charge in [-0.2, -0.15) is 5.26 Å². The normalized spacial score (nSPS) is 27.2. The molecule has 0 bridgehead atoms. The largest absolute Gasteiger partial charge is 0.353 e. The lowest BCUT2D eigenvalue weighted by Gasteiger charge is -2.33. The number of carbonyl (C=O) groups is 1. The van der Waals surface area contributed by atoms with E-state index in [1.807, 2.05) is 20.8 Å². The van der Waals surface area contributed by atoms with E-state index < -0.39 is 0 Å². The zero-order valence-corrected chi connectivity index (χ0v) is 8.42. The summed E-state index contributed by atoms with van der Waals surface area (Å²) in [5, 5.41) is 11.5. The average molecular weight is 180 g/mol. The van der Waals surface area contributed by atoms with Crippen LogP contribution in [0.25, 0.3) is 0 Å². The number of nitrogens with one attached hydrogen (secondary N) is 1. The third kappa shape index (κ3) is 2.45. The fourth-order valence-corrected chi connectivity index (χ4v) is 1.24. The fourth-order valence-electron chi connectivity index (χ4n) is 1.24. The van der Waals surface area contributed by atoms with Gasteiger partial charge in [0.25, 0.3) is 0 Å². The molecule has 1 rings (SSSR count). The van der Waals surface area contributed by atoms with Gasteiger partial charge in [0, 0.05) is 11.5 Å². The summed E-state index contributed by atoms with van der Waals surface area (Å²) in [6.07, 6.45) is 1.64. The van der Waals surface area contributed by atoms with E-state index in [9.17, 15) is 4.79 Å². The van der Waals surface area contributed by atoms with Gasteiger partial charge in [0.05, 0.1) is 12.0 Å². The first kappa shape index (κ1) is 10.0. The molecule has 1 aliphatic carbocycles. The molecule has 0 aromatic rings. The van der Waals surface area contributed by atoms with Gasteiger partial charge < -0.3 is 5.32 Å². The van der Waals surface area contributed by atoms with E-state index in [-0.39, 0.29) is 23.3 Å². The molecular formula is C10H16N2O. The molecule has 0 aromatic carbocycles. The Kier molecular flexibility index (Phi) is 2.60. The summed E-state index contributed by atoms with van der Waals surface area (Å²) in [5.74, 6) is 0.235. The van der Waals surface area contributed by atoms with Gasteiger partial charge in [-0.3, -0.25) is 4.79 Å². The van der Waals surface area contributed by atoms with Crippen molar-refractivity contribution in [3.05, 3.63) is 0 Å². The molecule has 3 heteroatoms. The van der Waals surface area contributed by atoms with Crippen LogP contribution in [-0.4, -0.2) is 11.9 Å². The van der Waals surface area contributed by atoms with Crippen molar-refractivity contribution in [1.29, 1.82) is 5.26 Å². The third-order valence-corrected chi connectivity index (χ3v) is 2.34. The van der Waals surface area contributed by atoms with Crippen molar-refractivity contribution in [2.45, 2.75) is 39.7 Å². The number of carbonyl (C=O) groups excluding carboxylic acids is 1. The Hall–Kier alpha value is -1.04. The number of rotatable bonds is 1. The quantitative estimate of drug-likeness (QED) is 0.664. The molecule has 13 heavy (non-hydrogen) atoms. The molecule has 72 valence electrons. The lowest BCUT2D eigenvalue weighted by molar-refractivity contribution is -0.130. The second-order valence-corrected chi connectivity index (χ2v) is 4.72. The summed E-state index contributed by atoms with van der Waals surface area (Å²) < 4.78 is 0. The van der Waals surface area contributed by atoms with E-state index in [0.29, 0.717) is 0 Å². The van der Waals surface area contributed by atoms with Crippen molar-refractivity contribution in [2.24, 2.45) is 11.3 Å². The maximum atomic E-state index is 11.5. The molecular weight excluding hydrogens is 164 g/mol. The van der Waals surface area contributed by atoms with Gasteiger partial charge in [-0.15, -0.1) is 0 Å². The maximum Gasteiger partial charge on any atom is 0.225 e. The molecule has 1 N–H and O–H groups in total. The number of hydrogen-bond acceptors (Lipinski definition) is 2. The fraction of sp³-hybridized carbons (Fsp3) is 0.800. The SMILES string of the molecule is CC(C)(C)C(=O)NC1CC(C#N)C1. The lowest BCUT2D eigenvalue weighted by Crippen LogP contribution is -2.47. The second-order valence-electron chi connectivity index (χ2n) is 4.72. The molecule has 0 saturated heterocycles. The molecule has 0 aromatic heterocycles. The average Bonchev–Trinajstić information content (AvgIpc) is 1.93. The van der Waals surface area contributed by atoms with Crippen LogP contribution in [0.4, 0.5) is 0 Å². The van der Waals surface area contributed by atoms with Gasteiger partial charge in [-0.25, -0.2) is 0 Å². The lowest BCUT2D eigenvalue weighted by atomic mass is 9.80. The monoisotopic (exact) mass is 180 g/mol. The highest BCUT2D eigenvalue weighted by atomic mass is 16.2. The standard InChI is InChI=1S/C10H16N2O/c1-10(2,3)9(13)12-8-4-7(5-8)6-11/h7-8H,4-5H2,1-3H3,(H,12,13). The molecule has 0 heterocycles. The number of nitriles is 1. The minimum atomic E-state index is -0.322. The van der Waals surface area contributed by atoms with Gasteiger partial charge in [-0.1, -0.05) is 20.8 Å². The molecule has 0 spiro atoms. The van der Waals surface area contributed by atoms with Crippen LogP contribution in [0.5, 0.6) is 0 Å². The molecule has 3 nitrogen and oxygen atoms in total. The summed E-state index contributed by atoms with van der Waals surface area (Å²) >= 11 is 0. The van der Waals surface area contributed by atoms with Crippen LogP contribution in [-0.2, 0) is 4.79 Å². The first-order chi connectivity index (χ1) is 5.93. The molecule has 1 saturated carbocycles. The Bertz CT molecular complexity index is 241. The Balaban J connectivity index is 2.30. The van der Waals surface area contributed by atoms with Crippen LogP contribution in [0.15, 0.2) is 0 Å². The van der Waals surface area contributed by atoms with Crippen molar-refractivity contribution in [2.75, 3.05) is 0 Å². The van der Waals surface area contributed by atoms with Crippen LogP contribution in [0.2, 0.25) is 0 Å².